The van der Waals surface area contributed by atoms with Gasteiger partial charge in [-0.3, -0.25) is 4.99 Å². The number of unbranched alkanes of at least 4 members (excludes halogenated alkanes) is 2. The summed E-state index contributed by atoms with van der Waals surface area (Å²) in [7, 11) is 4.03. The Labute approximate surface area is 218 Å². The summed E-state index contributed by atoms with van der Waals surface area (Å²) in [6.07, 6.45) is 10.6. The highest BCUT2D eigenvalue weighted by Crippen LogP contribution is 2.23. The Kier molecular flexibility index (Phi) is 15.3. The van der Waals surface area contributed by atoms with Crippen molar-refractivity contribution in [2.24, 2.45) is 16.6 Å². The number of aliphatic imine (C=N–C) groups is 1. The molecule has 0 heterocycles. The Morgan fingerprint density at radius 1 is 1.06 bits per heavy atom. The van der Waals surface area contributed by atoms with Crippen LogP contribution in [0.2, 0.25) is 0 Å². The number of nitrogens with zero attached hydrogens (tertiary/aromatic N) is 2. The molecule has 1 aromatic rings. The topological polar surface area (TPSA) is 41.6 Å². The van der Waals surface area contributed by atoms with Crippen molar-refractivity contribution in [3.63, 3.8) is 0 Å². The van der Waals surface area contributed by atoms with Crippen LogP contribution in [0, 0.1) is 5.92 Å². The number of hydrogen-bond acceptors (Lipinski definition) is 3. The van der Waals surface area contributed by atoms with Gasteiger partial charge in [0.2, 0.25) is 0 Å². The van der Waals surface area contributed by atoms with Crippen molar-refractivity contribution >= 4 is 17.1 Å². The van der Waals surface area contributed by atoms with E-state index in [2.05, 4.69) is 45.2 Å². The maximum atomic E-state index is 13.2. The molecular formula is C31H47F2N3. The molecule has 1 rings (SSSR count). The number of rotatable bonds is 14. The lowest BCUT2D eigenvalue weighted by atomic mass is 9.93. The van der Waals surface area contributed by atoms with Crippen molar-refractivity contribution in [2.75, 3.05) is 14.1 Å². The molecule has 0 saturated heterocycles. The third-order valence-electron chi connectivity index (χ3n) is 5.62. The average molecular weight is 500 g/mol. The molecule has 3 nitrogen and oxygen atoms in total. The molecule has 0 fully saturated rings. The molecule has 2 N–H and O–H groups in total. The van der Waals surface area contributed by atoms with Crippen molar-refractivity contribution < 1.29 is 8.78 Å². The quantitative estimate of drug-likeness (QED) is 0.158. The maximum Gasteiger partial charge on any atom is 0.283 e. The van der Waals surface area contributed by atoms with Gasteiger partial charge in [0.05, 0.1) is 11.4 Å². The van der Waals surface area contributed by atoms with Crippen LogP contribution in [-0.4, -0.2) is 30.6 Å². The molecule has 0 bridgehead atoms. The molecule has 0 radical (unpaired) electrons. The first-order chi connectivity index (χ1) is 16.7. The second kappa shape index (κ2) is 16.7. The molecule has 0 aliphatic rings. The van der Waals surface area contributed by atoms with E-state index >= 15 is 0 Å². The Morgan fingerprint density at radius 2 is 1.61 bits per heavy atom. The number of halogens is 2. The van der Waals surface area contributed by atoms with Gasteiger partial charge in [0, 0.05) is 26.7 Å². The molecule has 1 atom stereocenters. The Balaban J connectivity index is 0.000000686. The van der Waals surface area contributed by atoms with Crippen molar-refractivity contribution in [3.05, 3.63) is 85.1 Å². The van der Waals surface area contributed by atoms with Gasteiger partial charge in [0.15, 0.2) is 0 Å². The zero-order valence-corrected chi connectivity index (χ0v) is 23.3. The Morgan fingerprint density at radius 3 is 2.06 bits per heavy atom. The monoisotopic (exact) mass is 499 g/mol. The largest absolute Gasteiger partial charge is 0.399 e. The van der Waals surface area contributed by atoms with Gasteiger partial charge in [-0.05, 0) is 53.3 Å². The number of benzene rings is 1. The van der Waals surface area contributed by atoms with Crippen molar-refractivity contribution in [2.45, 2.75) is 72.1 Å². The molecule has 0 amide bonds. The van der Waals surface area contributed by atoms with Crippen molar-refractivity contribution in [3.8, 4) is 0 Å². The smallest absolute Gasteiger partial charge is 0.283 e. The molecule has 0 saturated carbocycles. The zero-order valence-electron chi connectivity index (χ0n) is 23.3. The summed E-state index contributed by atoms with van der Waals surface area (Å²) >= 11 is 0. The molecule has 200 valence electrons. The van der Waals surface area contributed by atoms with Crippen molar-refractivity contribution in [1.82, 2.24) is 4.90 Å². The molecule has 1 aromatic carbocycles. The molecule has 0 unspecified atom stereocenters. The van der Waals surface area contributed by atoms with Crippen LogP contribution < -0.4 is 5.73 Å². The van der Waals surface area contributed by atoms with E-state index in [1.54, 1.807) is 31.2 Å². The second-order valence-corrected chi connectivity index (χ2v) is 9.56. The van der Waals surface area contributed by atoms with Gasteiger partial charge in [0.25, 0.3) is 5.92 Å². The molecule has 0 spiro atoms. The highest BCUT2D eigenvalue weighted by Gasteiger charge is 2.27. The summed E-state index contributed by atoms with van der Waals surface area (Å²) in [6.45, 7) is 22.6. The zero-order chi connectivity index (χ0) is 27.9. The summed E-state index contributed by atoms with van der Waals surface area (Å²) < 4.78 is 26.5. The van der Waals surface area contributed by atoms with Gasteiger partial charge < -0.3 is 10.6 Å². The summed E-state index contributed by atoms with van der Waals surface area (Å²) in [4.78, 5) is 5.95. The minimum absolute atomic E-state index is 0.176. The van der Waals surface area contributed by atoms with Gasteiger partial charge in [-0.2, -0.15) is 0 Å². The van der Waals surface area contributed by atoms with Crippen LogP contribution in [0.4, 0.5) is 8.78 Å². The fraction of sp³-hybridized carbons (Fsp3) is 0.452. The van der Waals surface area contributed by atoms with Crippen molar-refractivity contribution in [1.29, 1.82) is 0 Å². The fourth-order valence-electron chi connectivity index (χ4n) is 3.35. The normalized spacial score (nSPS) is 12.5. The van der Waals surface area contributed by atoms with Crippen LogP contribution in [0.15, 0.2) is 79.0 Å². The van der Waals surface area contributed by atoms with Crippen LogP contribution in [0.5, 0.6) is 0 Å². The predicted molar refractivity (Wildman–Crippen MR) is 156 cm³/mol. The molecule has 36 heavy (non-hydrogen) atoms. The number of allylic oxidation sites excluding steroid dienone is 3. The van der Waals surface area contributed by atoms with E-state index in [9.17, 15) is 8.78 Å². The lowest BCUT2D eigenvalue weighted by Crippen LogP contribution is -2.23. The van der Waals surface area contributed by atoms with E-state index in [-0.39, 0.29) is 12.1 Å². The van der Waals surface area contributed by atoms with Crippen LogP contribution in [0.25, 0.3) is 11.4 Å². The predicted octanol–water partition coefficient (Wildman–Crippen LogP) is 8.87. The summed E-state index contributed by atoms with van der Waals surface area (Å²) in [6, 6.07) is 6.99. The van der Waals surface area contributed by atoms with Crippen LogP contribution in [0.3, 0.4) is 0 Å². The van der Waals surface area contributed by atoms with Gasteiger partial charge in [-0.25, -0.2) is 8.78 Å². The van der Waals surface area contributed by atoms with E-state index in [0.29, 0.717) is 17.0 Å². The number of hydrogen-bond donors (Lipinski definition) is 1. The second-order valence-electron chi connectivity index (χ2n) is 9.56. The van der Waals surface area contributed by atoms with E-state index in [0.717, 1.165) is 30.4 Å². The highest BCUT2D eigenvalue weighted by molar-refractivity contribution is 5.94. The van der Waals surface area contributed by atoms with Crippen LogP contribution in [-0.2, 0) is 0 Å². The first-order valence-electron chi connectivity index (χ1n) is 12.6. The number of alkyl halides is 2. The lowest BCUT2D eigenvalue weighted by molar-refractivity contribution is 0.0984. The van der Waals surface area contributed by atoms with Crippen LogP contribution in [0.1, 0.15) is 77.3 Å². The van der Waals surface area contributed by atoms with E-state index in [1.165, 1.54) is 31.3 Å². The molecular weight excluding hydrogens is 452 g/mol. The van der Waals surface area contributed by atoms with E-state index in [1.807, 2.05) is 31.3 Å². The number of nitrogens with two attached hydrogens (primary N) is 1. The lowest BCUT2D eigenvalue weighted by Gasteiger charge is -2.13. The maximum absolute atomic E-state index is 13.2. The summed E-state index contributed by atoms with van der Waals surface area (Å²) in [5, 5.41) is 0. The Bertz CT molecular complexity index is 916. The fourth-order valence-corrected chi connectivity index (χ4v) is 3.35. The summed E-state index contributed by atoms with van der Waals surface area (Å²) in [5.74, 6) is -2.21. The van der Waals surface area contributed by atoms with E-state index in [4.69, 9.17) is 5.73 Å². The van der Waals surface area contributed by atoms with Gasteiger partial charge in [-0.1, -0.05) is 97.0 Å². The molecule has 0 aromatic heterocycles. The first-order valence-corrected chi connectivity index (χ1v) is 12.6. The van der Waals surface area contributed by atoms with Gasteiger partial charge >= 0.3 is 0 Å². The van der Waals surface area contributed by atoms with Crippen LogP contribution >= 0.6 is 0 Å². The standard InChI is InChI=1S/C16H29N.C15H18F2N2/c1-7-8-9-10-14(2)13-16(4)15(3)11-12-17(5)6;1-5-14(15(4,16)17)19-11(3)13-8-6-12(7-9-13)10(2)18/h11-12,14H,3-4,7-10,13H2,1-2,5-6H3;6-9H,2-3,5,18H2,1,4H3/b12-11-;/t14-;/m0./s1. The third-order valence-corrected chi connectivity index (χ3v) is 5.62. The minimum atomic E-state index is -2.93. The average Bonchev–Trinajstić information content (AvgIpc) is 2.80. The first kappa shape index (κ1) is 33.1. The van der Waals surface area contributed by atoms with Gasteiger partial charge in [-0.15, -0.1) is 0 Å². The molecule has 0 aliphatic heterocycles. The third kappa shape index (κ3) is 13.8. The highest BCUT2D eigenvalue weighted by atomic mass is 19.3. The summed E-state index contributed by atoms with van der Waals surface area (Å²) in [5.41, 5.74) is 9.85. The minimum Gasteiger partial charge on any atom is -0.399 e. The molecule has 5 heteroatoms. The molecule has 0 aliphatic carbocycles. The Hall–Kier alpha value is -2.95. The van der Waals surface area contributed by atoms with Gasteiger partial charge in [0.1, 0.15) is 0 Å². The van der Waals surface area contributed by atoms with E-state index < -0.39 is 5.92 Å². The SMILES string of the molecule is C=C(/C=C\N(C)C)C(=C)C[C@@H](C)CCCCC.C=C(N)c1ccc(C(=C)N=C(CC)C(C)(F)F)cc1.